The maximum Gasteiger partial charge on any atom is 0.411 e. The number of para-hydroxylation sites is 1. The number of ether oxygens (including phenoxy) is 1. The minimum atomic E-state index is -4.49. The SMILES string of the molecule is CC(C)(C)[C@H](NC(=O)c1nn(CCOCC(F)(F)F)c2c(F)cccc12)C(N)=O. The third-order valence-electron chi connectivity index (χ3n) is 4.07. The van der Waals surface area contributed by atoms with Crippen LogP contribution in [0.1, 0.15) is 31.3 Å². The molecule has 1 heterocycles. The van der Waals surface area contributed by atoms with Crippen molar-refractivity contribution in [1.82, 2.24) is 15.1 Å². The molecule has 0 aliphatic rings. The second kappa shape index (κ2) is 8.36. The van der Waals surface area contributed by atoms with Gasteiger partial charge >= 0.3 is 6.18 Å². The summed E-state index contributed by atoms with van der Waals surface area (Å²) in [5.74, 6) is -2.21. The molecule has 1 aromatic heterocycles. The number of fused-ring (bicyclic) bond motifs is 1. The van der Waals surface area contributed by atoms with E-state index in [9.17, 15) is 27.2 Å². The summed E-state index contributed by atoms with van der Waals surface area (Å²) in [6.07, 6.45) is -4.49. The molecule has 0 saturated carbocycles. The molecular weight excluding hydrogens is 396 g/mol. The fraction of sp³-hybridized carbons (Fsp3) is 0.500. The van der Waals surface area contributed by atoms with Crippen molar-refractivity contribution in [3.63, 3.8) is 0 Å². The number of nitrogens with two attached hydrogens (primary N) is 1. The fourth-order valence-electron chi connectivity index (χ4n) is 2.78. The third-order valence-corrected chi connectivity index (χ3v) is 4.07. The Labute approximate surface area is 164 Å². The van der Waals surface area contributed by atoms with E-state index in [2.05, 4.69) is 15.2 Å². The number of nitrogens with one attached hydrogen (secondary N) is 1. The second-order valence-electron chi connectivity index (χ2n) is 7.55. The number of alkyl halides is 3. The highest BCUT2D eigenvalue weighted by Gasteiger charge is 2.33. The average Bonchev–Trinajstić information content (AvgIpc) is 2.94. The molecule has 0 unspecified atom stereocenters. The van der Waals surface area contributed by atoms with E-state index in [0.29, 0.717) is 0 Å². The molecule has 7 nitrogen and oxygen atoms in total. The van der Waals surface area contributed by atoms with Gasteiger partial charge < -0.3 is 15.8 Å². The third kappa shape index (κ3) is 5.66. The van der Waals surface area contributed by atoms with Crippen LogP contribution in [0.5, 0.6) is 0 Å². The molecule has 2 rings (SSSR count). The minimum absolute atomic E-state index is 0.0559. The summed E-state index contributed by atoms with van der Waals surface area (Å²) in [6, 6.07) is 2.94. The molecule has 0 aliphatic heterocycles. The number of hydrogen-bond acceptors (Lipinski definition) is 4. The van der Waals surface area contributed by atoms with Crippen molar-refractivity contribution in [3.05, 3.63) is 29.7 Å². The number of rotatable bonds is 7. The van der Waals surface area contributed by atoms with Crippen LogP contribution in [0.25, 0.3) is 10.9 Å². The number of primary amides is 1. The molecular formula is C18H22F4N4O3. The largest absolute Gasteiger partial charge is 0.411 e. The Morgan fingerprint density at radius 3 is 2.48 bits per heavy atom. The molecule has 0 radical (unpaired) electrons. The Bertz CT molecular complexity index is 903. The van der Waals surface area contributed by atoms with Crippen molar-refractivity contribution in [3.8, 4) is 0 Å². The molecule has 1 atom stereocenters. The first-order valence-electron chi connectivity index (χ1n) is 8.71. The fourth-order valence-corrected chi connectivity index (χ4v) is 2.78. The first-order valence-corrected chi connectivity index (χ1v) is 8.71. The maximum atomic E-state index is 14.3. The van der Waals surface area contributed by atoms with Crippen LogP contribution in [0.15, 0.2) is 18.2 Å². The number of aromatic nitrogens is 2. The van der Waals surface area contributed by atoms with Gasteiger partial charge in [-0.15, -0.1) is 0 Å². The van der Waals surface area contributed by atoms with E-state index in [1.54, 1.807) is 20.8 Å². The van der Waals surface area contributed by atoms with Gasteiger partial charge in [-0.2, -0.15) is 18.3 Å². The van der Waals surface area contributed by atoms with Crippen LogP contribution in [-0.4, -0.2) is 47.0 Å². The minimum Gasteiger partial charge on any atom is -0.370 e. The Kier molecular flexibility index (Phi) is 6.51. The first kappa shape index (κ1) is 22.6. The monoisotopic (exact) mass is 418 g/mol. The number of nitrogens with zero attached hydrogens (tertiary/aromatic N) is 2. The quantitative estimate of drug-likeness (QED) is 0.533. The van der Waals surface area contributed by atoms with Crippen molar-refractivity contribution >= 4 is 22.7 Å². The number of carbonyl (C=O) groups is 2. The zero-order valence-electron chi connectivity index (χ0n) is 16.1. The molecule has 0 saturated heterocycles. The molecule has 0 bridgehead atoms. The van der Waals surface area contributed by atoms with Gasteiger partial charge in [-0.25, -0.2) is 4.39 Å². The normalized spacial score (nSPS) is 13.5. The standard InChI is InChI=1S/C18H22F4N4O3/c1-17(2,3)14(15(23)27)24-16(28)12-10-5-4-6-11(19)13(10)26(25-12)7-8-29-9-18(20,21)22/h4-6,14H,7-9H2,1-3H3,(H2,23,27)(H,24,28)/t14-/m1/s1. The summed E-state index contributed by atoms with van der Waals surface area (Å²) in [5, 5.41) is 6.67. The topological polar surface area (TPSA) is 99.2 Å². The van der Waals surface area contributed by atoms with Crippen LogP contribution in [0.3, 0.4) is 0 Å². The molecule has 1 aromatic carbocycles. The predicted octanol–water partition coefficient (Wildman–Crippen LogP) is 2.38. The number of halogens is 4. The summed E-state index contributed by atoms with van der Waals surface area (Å²) < 4.78 is 56.5. The number of hydrogen-bond donors (Lipinski definition) is 2. The Morgan fingerprint density at radius 1 is 1.28 bits per heavy atom. The van der Waals surface area contributed by atoms with E-state index >= 15 is 0 Å². The van der Waals surface area contributed by atoms with Gasteiger partial charge in [0, 0.05) is 5.39 Å². The lowest BCUT2D eigenvalue weighted by molar-refractivity contribution is -0.174. The van der Waals surface area contributed by atoms with Gasteiger partial charge in [0.25, 0.3) is 5.91 Å². The van der Waals surface area contributed by atoms with Gasteiger partial charge in [-0.05, 0) is 11.5 Å². The molecule has 11 heteroatoms. The highest BCUT2D eigenvalue weighted by atomic mass is 19.4. The van der Waals surface area contributed by atoms with E-state index in [-0.39, 0.29) is 23.1 Å². The van der Waals surface area contributed by atoms with E-state index in [1.807, 2.05) is 0 Å². The van der Waals surface area contributed by atoms with E-state index in [0.717, 1.165) is 10.7 Å². The van der Waals surface area contributed by atoms with Gasteiger partial charge in [0.2, 0.25) is 5.91 Å². The van der Waals surface area contributed by atoms with Crippen molar-refractivity contribution < 1.29 is 31.9 Å². The lowest BCUT2D eigenvalue weighted by atomic mass is 9.86. The van der Waals surface area contributed by atoms with E-state index in [4.69, 9.17) is 5.73 Å². The second-order valence-corrected chi connectivity index (χ2v) is 7.55. The smallest absolute Gasteiger partial charge is 0.370 e. The Morgan fingerprint density at radius 2 is 1.93 bits per heavy atom. The van der Waals surface area contributed by atoms with Crippen molar-refractivity contribution in [1.29, 1.82) is 0 Å². The number of benzene rings is 1. The summed E-state index contributed by atoms with van der Waals surface area (Å²) >= 11 is 0. The molecule has 3 N–H and O–H groups in total. The molecule has 160 valence electrons. The molecule has 0 fully saturated rings. The van der Waals surface area contributed by atoms with E-state index < -0.39 is 48.5 Å². The van der Waals surface area contributed by atoms with Gasteiger partial charge in [0.15, 0.2) is 5.69 Å². The van der Waals surface area contributed by atoms with Crippen LogP contribution >= 0.6 is 0 Å². The van der Waals surface area contributed by atoms with Gasteiger partial charge in [-0.3, -0.25) is 14.3 Å². The van der Waals surface area contributed by atoms with Gasteiger partial charge in [0.1, 0.15) is 24.0 Å². The number of amides is 2. The first-order chi connectivity index (χ1) is 13.3. The molecule has 2 aromatic rings. The zero-order valence-corrected chi connectivity index (χ0v) is 16.1. The van der Waals surface area contributed by atoms with Crippen LogP contribution in [-0.2, 0) is 16.1 Å². The Balaban J connectivity index is 2.31. The van der Waals surface area contributed by atoms with Crippen molar-refractivity contribution in [2.45, 2.75) is 39.5 Å². The lowest BCUT2D eigenvalue weighted by Gasteiger charge is -2.28. The summed E-state index contributed by atoms with van der Waals surface area (Å²) in [5.41, 5.74) is 4.44. The van der Waals surface area contributed by atoms with Crippen LogP contribution in [0.2, 0.25) is 0 Å². The Hall–Kier alpha value is -2.69. The molecule has 2 amide bonds. The predicted molar refractivity (Wildman–Crippen MR) is 96.5 cm³/mol. The van der Waals surface area contributed by atoms with Crippen LogP contribution < -0.4 is 11.1 Å². The maximum absolute atomic E-state index is 14.3. The summed E-state index contributed by atoms with van der Waals surface area (Å²) in [7, 11) is 0. The van der Waals surface area contributed by atoms with Crippen LogP contribution in [0, 0.1) is 11.2 Å². The highest BCUT2D eigenvalue weighted by Crippen LogP contribution is 2.24. The number of carbonyl (C=O) groups excluding carboxylic acids is 2. The molecule has 0 spiro atoms. The lowest BCUT2D eigenvalue weighted by Crippen LogP contribution is -2.52. The zero-order chi connectivity index (χ0) is 22.0. The highest BCUT2D eigenvalue weighted by molar-refractivity contribution is 6.06. The van der Waals surface area contributed by atoms with Crippen LogP contribution in [0.4, 0.5) is 17.6 Å². The average molecular weight is 418 g/mol. The molecule has 29 heavy (non-hydrogen) atoms. The van der Waals surface area contributed by atoms with Crippen molar-refractivity contribution in [2.75, 3.05) is 13.2 Å². The van der Waals surface area contributed by atoms with Gasteiger partial charge in [0.05, 0.1) is 13.2 Å². The summed E-state index contributed by atoms with van der Waals surface area (Å²) in [4.78, 5) is 24.4. The molecule has 0 aliphatic carbocycles. The summed E-state index contributed by atoms with van der Waals surface area (Å²) in [6.45, 7) is 3.07. The van der Waals surface area contributed by atoms with Gasteiger partial charge in [-0.1, -0.05) is 32.9 Å². The van der Waals surface area contributed by atoms with Crippen molar-refractivity contribution in [2.24, 2.45) is 11.1 Å². The van der Waals surface area contributed by atoms with E-state index in [1.165, 1.54) is 12.1 Å².